The van der Waals surface area contributed by atoms with Crippen molar-refractivity contribution in [1.29, 1.82) is 0 Å². The first kappa shape index (κ1) is 21.2. The van der Waals surface area contributed by atoms with E-state index in [1.54, 1.807) is 0 Å². The number of hydrogen-bond acceptors (Lipinski definition) is 3. The molecule has 0 aliphatic rings. The molecule has 0 amide bonds. The Bertz CT molecular complexity index is 852. The minimum Gasteiger partial charge on any atom is -0.507 e. The molecule has 0 heterocycles. The topological polar surface area (TPSA) is 46.5 Å². The van der Waals surface area contributed by atoms with Crippen molar-refractivity contribution >= 4 is 16.7 Å². The van der Waals surface area contributed by atoms with Gasteiger partial charge >= 0.3 is 5.97 Å². The van der Waals surface area contributed by atoms with Gasteiger partial charge < -0.3 is 9.84 Å². The molecule has 0 aromatic heterocycles. The Balaban J connectivity index is 0.000000791. The highest BCUT2D eigenvalue weighted by Gasteiger charge is 2.19. The molecule has 0 aliphatic carbocycles. The van der Waals surface area contributed by atoms with E-state index in [1.807, 2.05) is 83.1 Å². The van der Waals surface area contributed by atoms with Crippen LogP contribution in [0.2, 0.25) is 0 Å². The first-order chi connectivity index (χ1) is 12.6. The summed E-state index contributed by atoms with van der Waals surface area (Å²) in [4.78, 5) is 12.1. The van der Waals surface area contributed by atoms with Crippen molar-refractivity contribution in [2.45, 2.75) is 34.6 Å². The molecule has 0 unspecified atom stereocenters. The van der Waals surface area contributed by atoms with E-state index in [2.05, 4.69) is 0 Å². The van der Waals surface area contributed by atoms with Gasteiger partial charge in [-0.25, -0.2) is 4.79 Å². The van der Waals surface area contributed by atoms with Gasteiger partial charge in [0.25, 0.3) is 0 Å². The van der Waals surface area contributed by atoms with Crippen molar-refractivity contribution in [2.75, 3.05) is 7.11 Å². The number of hydrogen-bond donors (Lipinski definition) is 1. The number of methoxy groups -OCH3 is 1. The molecule has 3 heteroatoms. The Kier molecular flexibility index (Phi) is 8.36. The van der Waals surface area contributed by atoms with Crippen molar-refractivity contribution in [3.63, 3.8) is 0 Å². The normalized spacial score (nSPS) is 9.46. The molecule has 0 atom stereocenters. The molecule has 3 aromatic rings. The summed E-state index contributed by atoms with van der Waals surface area (Å²) >= 11 is 0. The quantitative estimate of drug-likeness (QED) is 0.546. The number of rotatable bonds is 2. The lowest BCUT2D eigenvalue weighted by molar-refractivity contribution is 0.0601. The summed E-state index contributed by atoms with van der Waals surface area (Å²) < 4.78 is 4.88. The molecule has 0 saturated carbocycles. The number of phenols is 1. The number of benzene rings is 3. The predicted octanol–water partition coefficient (Wildman–Crippen LogP) is 6.36. The van der Waals surface area contributed by atoms with Crippen molar-refractivity contribution < 1.29 is 14.6 Å². The third-order valence-electron chi connectivity index (χ3n) is 3.74. The second kappa shape index (κ2) is 10.2. The van der Waals surface area contributed by atoms with Gasteiger partial charge in [-0.1, -0.05) is 75.7 Å². The summed E-state index contributed by atoms with van der Waals surface area (Å²) in [5, 5.41) is 11.8. The fourth-order valence-electron chi connectivity index (χ4n) is 2.71. The summed E-state index contributed by atoms with van der Waals surface area (Å²) in [5.41, 5.74) is 3.10. The van der Waals surface area contributed by atoms with E-state index in [1.165, 1.54) is 13.2 Å². The lowest BCUT2D eigenvalue weighted by atomic mass is 9.92. The van der Waals surface area contributed by atoms with Crippen molar-refractivity contribution in [3.8, 4) is 16.9 Å². The number of aromatic hydroxyl groups is 1. The van der Waals surface area contributed by atoms with E-state index < -0.39 is 5.97 Å². The summed E-state index contributed by atoms with van der Waals surface area (Å²) in [6.07, 6.45) is 0. The van der Waals surface area contributed by atoms with Crippen LogP contribution < -0.4 is 0 Å². The first-order valence-electron chi connectivity index (χ1n) is 9.02. The fourth-order valence-corrected chi connectivity index (χ4v) is 2.71. The minimum atomic E-state index is -0.461. The maximum absolute atomic E-state index is 12.1. The Morgan fingerprint density at radius 2 is 1.50 bits per heavy atom. The molecule has 0 saturated heterocycles. The number of fused-ring (bicyclic) bond motifs is 1. The Labute approximate surface area is 156 Å². The van der Waals surface area contributed by atoms with Crippen LogP contribution in [-0.4, -0.2) is 18.2 Å². The third-order valence-corrected chi connectivity index (χ3v) is 3.74. The average molecular weight is 352 g/mol. The van der Waals surface area contributed by atoms with Gasteiger partial charge in [-0.3, -0.25) is 0 Å². The second-order valence-electron chi connectivity index (χ2n) is 5.22. The van der Waals surface area contributed by atoms with Gasteiger partial charge in [0.05, 0.1) is 12.7 Å². The summed E-state index contributed by atoms with van der Waals surface area (Å²) in [6, 6.07) is 16.9. The smallest absolute Gasteiger partial charge is 0.338 e. The molecular weight excluding hydrogens is 324 g/mol. The van der Waals surface area contributed by atoms with E-state index in [0.717, 1.165) is 27.5 Å². The number of ether oxygens (including phenoxy) is 1. The standard InChI is InChI=1S/C19H16O3.2C2H6/c1-12-8-9-14-15(10-12)17(20)11-16(19(21)22-2)18(14)13-6-4-3-5-7-13;2*1-2/h3-11,20H,1-2H3;2*1-2H3. The Hall–Kier alpha value is -2.81. The van der Waals surface area contributed by atoms with Gasteiger partial charge in [-0.05, 0) is 30.0 Å². The van der Waals surface area contributed by atoms with E-state index in [9.17, 15) is 9.90 Å². The highest BCUT2D eigenvalue weighted by molar-refractivity contribution is 6.10. The van der Waals surface area contributed by atoms with Gasteiger partial charge in [0.15, 0.2) is 0 Å². The number of carbonyl (C=O) groups is 1. The summed E-state index contributed by atoms with van der Waals surface area (Å²) in [7, 11) is 1.34. The van der Waals surface area contributed by atoms with Crippen LogP contribution in [0.1, 0.15) is 43.6 Å². The molecule has 3 nitrogen and oxygen atoms in total. The van der Waals surface area contributed by atoms with Gasteiger partial charge in [-0.15, -0.1) is 0 Å². The fraction of sp³-hybridized carbons (Fsp3) is 0.261. The monoisotopic (exact) mass is 352 g/mol. The van der Waals surface area contributed by atoms with Gasteiger partial charge in [-0.2, -0.15) is 0 Å². The zero-order valence-electron chi connectivity index (χ0n) is 16.5. The zero-order chi connectivity index (χ0) is 19.7. The number of phenolic OH excluding ortho intramolecular Hbond substituents is 1. The van der Waals surface area contributed by atoms with Gasteiger partial charge in [0.2, 0.25) is 0 Å². The molecule has 0 fully saturated rings. The lowest BCUT2D eigenvalue weighted by Crippen LogP contribution is -2.04. The molecule has 3 aromatic carbocycles. The largest absolute Gasteiger partial charge is 0.507 e. The van der Waals surface area contributed by atoms with Gasteiger partial charge in [0.1, 0.15) is 5.75 Å². The highest BCUT2D eigenvalue weighted by atomic mass is 16.5. The van der Waals surface area contributed by atoms with E-state index >= 15 is 0 Å². The molecule has 26 heavy (non-hydrogen) atoms. The maximum Gasteiger partial charge on any atom is 0.338 e. The number of aryl methyl sites for hydroxylation is 1. The van der Waals surface area contributed by atoms with Crippen LogP contribution in [0.25, 0.3) is 21.9 Å². The van der Waals surface area contributed by atoms with Crippen molar-refractivity contribution in [1.82, 2.24) is 0 Å². The summed E-state index contributed by atoms with van der Waals surface area (Å²) in [5.74, 6) is -0.379. The molecule has 138 valence electrons. The minimum absolute atomic E-state index is 0.0822. The molecule has 0 radical (unpaired) electrons. The molecular formula is C23H28O3. The number of carbonyl (C=O) groups excluding carboxylic acids is 1. The second-order valence-corrected chi connectivity index (χ2v) is 5.22. The molecule has 3 rings (SSSR count). The third kappa shape index (κ3) is 4.42. The maximum atomic E-state index is 12.1. The Morgan fingerprint density at radius 3 is 2.08 bits per heavy atom. The zero-order valence-corrected chi connectivity index (χ0v) is 16.5. The van der Waals surface area contributed by atoms with Crippen molar-refractivity contribution in [2.24, 2.45) is 0 Å². The van der Waals surface area contributed by atoms with E-state index in [-0.39, 0.29) is 5.75 Å². The van der Waals surface area contributed by atoms with E-state index in [0.29, 0.717) is 5.56 Å². The molecule has 0 aliphatic heterocycles. The Morgan fingerprint density at radius 1 is 0.885 bits per heavy atom. The van der Waals surface area contributed by atoms with Gasteiger partial charge in [0, 0.05) is 10.9 Å². The average Bonchev–Trinajstić information content (AvgIpc) is 2.71. The van der Waals surface area contributed by atoms with Crippen LogP contribution in [0.3, 0.4) is 0 Å². The summed E-state index contributed by atoms with van der Waals surface area (Å²) in [6.45, 7) is 9.97. The van der Waals surface area contributed by atoms with Crippen LogP contribution in [-0.2, 0) is 4.74 Å². The molecule has 0 spiro atoms. The van der Waals surface area contributed by atoms with E-state index in [4.69, 9.17) is 4.74 Å². The van der Waals surface area contributed by atoms with Crippen LogP contribution in [0.5, 0.6) is 5.75 Å². The SMILES string of the molecule is CC.CC.COC(=O)c1cc(O)c2cc(C)ccc2c1-c1ccccc1. The molecule has 0 bridgehead atoms. The van der Waals surface area contributed by atoms with Crippen molar-refractivity contribution in [3.05, 3.63) is 65.7 Å². The predicted molar refractivity (Wildman–Crippen MR) is 110 cm³/mol. The van der Waals surface area contributed by atoms with Crippen LogP contribution in [0.4, 0.5) is 0 Å². The highest BCUT2D eigenvalue weighted by Crippen LogP contribution is 2.38. The van der Waals surface area contributed by atoms with Crippen LogP contribution >= 0.6 is 0 Å². The molecule has 1 N–H and O–H groups in total. The van der Waals surface area contributed by atoms with Crippen LogP contribution in [0, 0.1) is 6.92 Å². The van der Waals surface area contributed by atoms with Crippen LogP contribution in [0.15, 0.2) is 54.6 Å². The number of esters is 1. The first-order valence-corrected chi connectivity index (χ1v) is 9.02. The lowest BCUT2D eigenvalue weighted by Gasteiger charge is -2.14.